The number of nitrogens with one attached hydrogen (secondary N) is 1. The molecule has 1 aromatic carbocycles. The van der Waals surface area contributed by atoms with Crippen LogP contribution in [0.25, 0.3) is 0 Å². The number of phenolic OH excluding ortho intramolecular Hbond substituents is 1. The number of rotatable bonds is 1. The molecular weight excluding hydrogens is 222 g/mol. The molecule has 1 atom stereocenters. The Hall–Kier alpha value is -0.730. The van der Waals surface area contributed by atoms with E-state index in [4.69, 9.17) is 0 Å². The van der Waals surface area contributed by atoms with Crippen molar-refractivity contribution in [2.75, 3.05) is 6.54 Å². The lowest BCUT2D eigenvalue weighted by Gasteiger charge is -2.24. The Kier molecular flexibility index (Phi) is 4.63. The Morgan fingerprint density at radius 1 is 1.19 bits per heavy atom. The average Bonchev–Trinajstić information content (AvgIpc) is 2.26. The first-order chi connectivity index (χ1) is 7.18. The van der Waals surface area contributed by atoms with Crippen LogP contribution in [-0.2, 0) is 0 Å². The van der Waals surface area contributed by atoms with E-state index in [9.17, 15) is 5.11 Å². The fourth-order valence-electron chi connectivity index (χ4n) is 2.33. The van der Waals surface area contributed by atoms with Gasteiger partial charge in [-0.2, -0.15) is 0 Å². The molecule has 16 heavy (non-hydrogen) atoms. The van der Waals surface area contributed by atoms with Crippen molar-refractivity contribution in [2.24, 2.45) is 0 Å². The molecule has 0 radical (unpaired) electrons. The van der Waals surface area contributed by atoms with Gasteiger partial charge in [-0.15, -0.1) is 12.4 Å². The summed E-state index contributed by atoms with van der Waals surface area (Å²) in [7, 11) is 0. The van der Waals surface area contributed by atoms with E-state index in [1.165, 1.54) is 24.8 Å². The largest absolute Gasteiger partial charge is 0.507 e. The molecule has 1 saturated heterocycles. The van der Waals surface area contributed by atoms with Gasteiger partial charge in [0.2, 0.25) is 0 Å². The van der Waals surface area contributed by atoms with Crippen LogP contribution >= 0.6 is 12.4 Å². The quantitative estimate of drug-likeness (QED) is 0.791. The van der Waals surface area contributed by atoms with Crippen LogP contribution in [0, 0.1) is 13.8 Å². The van der Waals surface area contributed by atoms with Crippen molar-refractivity contribution in [3.63, 3.8) is 0 Å². The number of piperidine rings is 1. The van der Waals surface area contributed by atoms with Gasteiger partial charge in [0.05, 0.1) is 0 Å². The van der Waals surface area contributed by atoms with Gasteiger partial charge in [0.15, 0.2) is 0 Å². The van der Waals surface area contributed by atoms with Crippen molar-refractivity contribution in [3.8, 4) is 5.75 Å². The Balaban J connectivity index is 0.00000128. The molecule has 0 aliphatic carbocycles. The van der Waals surface area contributed by atoms with Crippen LogP contribution in [0.5, 0.6) is 5.75 Å². The van der Waals surface area contributed by atoms with Crippen LogP contribution < -0.4 is 5.32 Å². The van der Waals surface area contributed by atoms with Gasteiger partial charge >= 0.3 is 0 Å². The summed E-state index contributed by atoms with van der Waals surface area (Å²) in [6.45, 7) is 5.05. The number of hydrogen-bond acceptors (Lipinski definition) is 2. The first-order valence-electron chi connectivity index (χ1n) is 5.72. The lowest BCUT2D eigenvalue weighted by atomic mass is 9.94. The van der Waals surface area contributed by atoms with E-state index >= 15 is 0 Å². The summed E-state index contributed by atoms with van der Waals surface area (Å²) < 4.78 is 0. The molecule has 1 fully saturated rings. The van der Waals surface area contributed by atoms with Gasteiger partial charge in [0.1, 0.15) is 5.75 Å². The second kappa shape index (κ2) is 5.55. The van der Waals surface area contributed by atoms with Crippen molar-refractivity contribution in [3.05, 3.63) is 28.8 Å². The van der Waals surface area contributed by atoms with Gasteiger partial charge in [-0.3, -0.25) is 0 Å². The van der Waals surface area contributed by atoms with Crippen LogP contribution in [-0.4, -0.2) is 11.7 Å². The van der Waals surface area contributed by atoms with Crippen LogP contribution in [0.4, 0.5) is 0 Å². The highest BCUT2D eigenvalue weighted by atomic mass is 35.5. The summed E-state index contributed by atoms with van der Waals surface area (Å²) in [6, 6.07) is 4.69. The maximum Gasteiger partial charge on any atom is 0.121 e. The molecule has 0 aromatic heterocycles. The summed E-state index contributed by atoms with van der Waals surface area (Å²) in [5, 5.41) is 13.2. The van der Waals surface area contributed by atoms with Gasteiger partial charge in [0.25, 0.3) is 0 Å². The van der Waals surface area contributed by atoms with Gasteiger partial charge in [-0.05, 0) is 49.9 Å². The predicted octanol–water partition coefficient (Wildman–Crippen LogP) is 3.25. The molecule has 2 rings (SSSR count). The first-order valence-corrected chi connectivity index (χ1v) is 5.72. The van der Waals surface area contributed by atoms with Crippen molar-refractivity contribution in [1.29, 1.82) is 0 Å². The standard InChI is InChI=1S/C13H19NO.ClH/c1-9-7-11(8-10(2)13(9)15)12-5-3-4-6-14-12;/h7-8,12,14-15H,3-6H2,1-2H3;1H/t12-;/m0./s1. The van der Waals surface area contributed by atoms with E-state index in [0.717, 1.165) is 17.7 Å². The Morgan fingerprint density at radius 3 is 2.31 bits per heavy atom. The molecule has 0 saturated carbocycles. The zero-order chi connectivity index (χ0) is 10.8. The fraction of sp³-hybridized carbons (Fsp3) is 0.538. The summed E-state index contributed by atoms with van der Waals surface area (Å²) in [5.74, 6) is 0.439. The number of benzene rings is 1. The van der Waals surface area contributed by atoms with Crippen LogP contribution in [0.2, 0.25) is 0 Å². The highest BCUT2D eigenvalue weighted by Gasteiger charge is 2.16. The van der Waals surface area contributed by atoms with Crippen LogP contribution in [0.1, 0.15) is 42.0 Å². The average molecular weight is 242 g/mol. The first kappa shape index (κ1) is 13.3. The molecule has 0 bridgehead atoms. The monoisotopic (exact) mass is 241 g/mol. The molecule has 1 aliphatic rings. The minimum absolute atomic E-state index is 0. The van der Waals surface area contributed by atoms with Crippen LogP contribution in [0.3, 0.4) is 0 Å². The van der Waals surface area contributed by atoms with Gasteiger partial charge in [0, 0.05) is 6.04 Å². The lowest BCUT2D eigenvalue weighted by Crippen LogP contribution is -2.26. The normalized spacial score (nSPS) is 20.2. The maximum absolute atomic E-state index is 9.71. The molecule has 1 aliphatic heterocycles. The molecule has 0 unspecified atom stereocenters. The van der Waals surface area contributed by atoms with E-state index in [1.807, 2.05) is 13.8 Å². The second-order valence-corrected chi connectivity index (χ2v) is 4.51. The third-order valence-corrected chi connectivity index (χ3v) is 3.23. The number of aromatic hydroxyl groups is 1. The van der Waals surface area contributed by atoms with E-state index < -0.39 is 0 Å². The number of phenols is 1. The van der Waals surface area contributed by atoms with Crippen LogP contribution in [0.15, 0.2) is 12.1 Å². The van der Waals surface area contributed by atoms with Crippen molar-refractivity contribution >= 4 is 12.4 Å². The number of hydrogen-bond donors (Lipinski definition) is 2. The third-order valence-electron chi connectivity index (χ3n) is 3.23. The van der Waals surface area contributed by atoms with Gasteiger partial charge in [-0.1, -0.05) is 18.6 Å². The van der Waals surface area contributed by atoms with Gasteiger partial charge < -0.3 is 10.4 Å². The fourth-order valence-corrected chi connectivity index (χ4v) is 2.33. The summed E-state index contributed by atoms with van der Waals surface area (Å²) in [6.07, 6.45) is 3.80. The second-order valence-electron chi connectivity index (χ2n) is 4.51. The smallest absolute Gasteiger partial charge is 0.121 e. The van der Waals surface area contributed by atoms with E-state index in [1.54, 1.807) is 0 Å². The van der Waals surface area contributed by atoms with Crippen molar-refractivity contribution < 1.29 is 5.11 Å². The van der Waals surface area contributed by atoms with Crippen molar-refractivity contribution in [2.45, 2.75) is 39.2 Å². The predicted molar refractivity (Wildman–Crippen MR) is 69.4 cm³/mol. The number of halogens is 1. The molecular formula is C13H20ClNO. The summed E-state index contributed by atoms with van der Waals surface area (Å²) in [5.41, 5.74) is 3.29. The topological polar surface area (TPSA) is 32.3 Å². The molecule has 90 valence electrons. The van der Waals surface area contributed by atoms with Crippen molar-refractivity contribution in [1.82, 2.24) is 5.32 Å². The highest BCUT2D eigenvalue weighted by Crippen LogP contribution is 2.29. The molecule has 0 amide bonds. The lowest BCUT2D eigenvalue weighted by molar-refractivity contribution is 0.410. The molecule has 3 heteroatoms. The Labute approximate surface area is 103 Å². The maximum atomic E-state index is 9.71. The van der Waals surface area contributed by atoms with E-state index in [-0.39, 0.29) is 12.4 Å². The van der Waals surface area contributed by atoms with Gasteiger partial charge in [-0.25, -0.2) is 0 Å². The molecule has 2 N–H and O–H groups in total. The summed E-state index contributed by atoms with van der Waals surface area (Å²) >= 11 is 0. The minimum Gasteiger partial charge on any atom is -0.507 e. The van der Waals surface area contributed by atoms with E-state index in [0.29, 0.717) is 11.8 Å². The third kappa shape index (κ3) is 2.69. The molecule has 2 nitrogen and oxygen atoms in total. The summed E-state index contributed by atoms with van der Waals surface area (Å²) in [4.78, 5) is 0. The highest BCUT2D eigenvalue weighted by molar-refractivity contribution is 5.85. The number of aryl methyl sites for hydroxylation is 2. The molecule has 1 heterocycles. The minimum atomic E-state index is 0. The zero-order valence-corrected chi connectivity index (χ0v) is 10.7. The SMILES string of the molecule is Cc1cc([C@@H]2CCCCN2)cc(C)c1O.Cl. The molecule has 0 spiro atoms. The Morgan fingerprint density at radius 2 is 1.81 bits per heavy atom. The molecule has 1 aromatic rings. The van der Waals surface area contributed by atoms with E-state index in [2.05, 4.69) is 17.4 Å². The Bertz CT molecular complexity index is 336. The zero-order valence-electron chi connectivity index (χ0n) is 9.92.